The Labute approximate surface area is 51.7 Å². The van der Waals surface area contributed by atoms with Crippen molar-refractivity contribution in [2.75, 3.05) is 12.4 Å². The second kappa shape index (κ2) is 2.60. The highest BCUT2D eigenvalue weighted by Gasteiger charge is 2.20. The van der Waals surface area contributed by atoms with Crippen LogP contribution < -0.4 is 0 Å². The average molecular weight is 134 g/mol. The number of hydrogen-bond acceptors (Lipinski definition) is 2. The smallest absolute Gasteiger partial charge is 0.132 e. The monoisotopic (exact) mass is 134 g/mol. The van der Waals surface area contributed by atoms with Crippen LogP contribution in [-0.4, -0.2) is 22.0 Å². The Hall–Kier alpha value is 0.110. The molecule has 0 amide bonds. The third kappa shape index (κ3) is 1.09. The van der Waals surface area contributed by atoms with E-state index in [1.807, 2.05) is 6.92 Å². The van der Waals surface area contributed by atoms with Gasteiger partial charge in [-0.2, -0.15) is 0 Å². The molecule has 0 radical (unpaired) electrons. The van der Waals surface area contributed by atoms with Crippen LogP contribution in [0, 0.1) is 0 Å². The van der Waals surface area contributed by atoms with Gasteiger partial charge >= 0.3 is 0 Å². The molecule has 0 aromatic heterocycles. The largest absolute Gasteiger partial charge is 0.364 e. The van der Waals surface area contributed by atoms with Crippen LogP contribution in [0.25, 0.3) is 0 Å². The summed E-state index contributed by atoms with van der Waals surface area (Å²) in [6.07, 6.45) is 0.882. The van der Waals surface area contributed by atoms with Crippen molar-refractivity contribution in [3.8, 4) is 0 Å². The minimum absolute atomic E-state index is 0.0370. The van der Waals surface area contributed by atoms with Gasteiger partial charge in [-0.15, -0.1) is 0 Å². The summed E-state index contributed by atoms with van der Waals surface area (Å²) >= 11 is 0. The van der Waals surface area contributed by atoms with Crippen molar-refractivity contribution >= 4 is 10.8 Å². The molecular weight excluding hydrogens is 124 g/mol. The van der Waals surface area contributed by atoms with Crippen molar-refractivity contribution in [2.45, 2.75) is 18.8 Å². The lowest BCUT2D eigenvalue weighted by Crippen LogP contribution is -2.07. The maximum atomic E-state index is 10.8. The Kier molecular flexibility index (Phi) is 2.02. The highest BCUT2D eigenvalue weighted by atomic mass is 32.2. The Morgan fingerprint density at radius 3 is 2.88 bits per heavy atom. The third-order valence-corrected chi connectivity index (χ3v) is 2.84. The van der Waals surface area contributed by atoms with Gasteiger partial charge in [-0.25, -0.2) is 0 Å². The van der Waals surface area contributed by atoms with E-state index in [1.54, 1.807) is 0 Å². The fourth-order valence-corrected chi connectivity index (χ4v) is 1.92. The molecule has 1 aliphatic rings. The van der Waals surface area contributed by atoms with Gasteiger partial charge in [0, 0.05) is 5.75 Å². The van der Waals surface area contributed by atoms with Gasteiger partial charge in [-0.05, 0) is 6.42 Å². The van der Waals surface area contributed by atoms with E-state index >= 15 is 0 Å². The van der Waals surface area contributed by atoms with Gasteiger partial charge in [0.2, 0.25) is 0 Å². The lowest BCUT2D eigenvalue weighted by atomic mass is 10.5. The van der Waals surface area contributed by atoms with Crippen LogP contribution in [-0.2, 0) is 15.5 Å². The van der Waals surface area contributed by atoms with E-state index in [9.17, 15) is 4.21 Å². The van der Waals surface area contributed by atoms with Gasteiger partial charge in [0.05, 0.1) is 17.4 Å². The van der Waals surface area contributed by atoms with Crippen molar-refractivity contribution in [1.82, 2.24) is 0 Å². The summed E-state index contributed by atoms with van der Waals surface area (Å²) in [5.74, 6) is 0.735. The van der Waals surface area contributed by atoms with Gasteiger partial charge in [0.1, 0.15) is 5.44 Å². The van der Waals surface area contributed by atoms with Crippen LogP contribution in [0.4, 0.5) is 0 Å². The molecule has 0 saturated carbocycles. The fourth-order valence-electron chi connectivity index (χ4n) is 0.773. The van der Waals surface area contributed by atoms with Crippen LogP contribution in [0.3, 0.4) is 0 Å². The van der Waals surface area contributed by atoms with Crippen LogP contribution in [0.15, 0.2) is 0 Å². The lowest BCUT2D eigenvalue weighted by Gasteiger charge is -2.00. The molecule has 2 atom stereocenters. The molecule has 0 bridgehead atoms. The molecule has 0 aliphatic carbocycles. The SMILES string of the molecule is CC[C@@H]1OCCS1=O. The summed E-state index contributed by atoms with van der Waals surface area (Å²) in [5.41, 5.74) is 0.0370. The van der Waals surface area contributed by atoms with Crippen LogP contribution in [0.5, 0.6) is 0 Å². The zero-order valence-electron chi connectivity index (χ0n) is 4.92. The molecular formula is C5H10O2S. The van der Waals surface area contributed by atoms with Crippen molar-refractivity contribution in [1.29, 1.82) is 0 Å². The molecule has 0 spiro atoms. The maximum absolute atomic E-state index is 10.8. The van der Waals surface area contributed by atoms with Gasteiger partial charge in [0.15, 0.2) is 0 Å². The Bertz CT molecular complexity index is 103. The topological polar surface area (TPSA) is 26.3 Å². The van der Waals surface area contributed by atoms with Gasteiger partial charge in [-0.3, -0.25) is 4.21 Å². The molecule has 3 heteroatoms. The average Bonchev–Trinajstić information content (AvgIpc) is 2.14. The normalized spacial score (nSPS) is 38.1. The molecule has 0 aromatic carbocycles. The fraction of sp³-hybridized carbons (Fsp3) is 1.00. The summed E-state index contributed by atoms with van der Waals surface area (Å²) in [4.78, 5) is 0. The van der Waals surface area contributed by atoms with E-state index < -0.39 is 10.8 Å². The van der Waals surface area contributed by atoms with Crippen LogP contribution >= 0.6 is 0 Å². The highest BCUT2D eigenvalue weighted by molar-refractivity contribution is 7.85. The molecule has 1 rings (SSSR count). The summed E-state index contributed by atoms with van der Waals surface area (Å²) in [6, 6.07) is 0. The summed E-state index contributed by atoms with van der Waals surface area (Å²) in [5, 5.41) is 0. The quantitative estimate of drug-likeness (QED) is 0.522. The third-order valence-electron chi connectivity index (χ3n) is 1.21. The molecule has 1 heterocycles. The molecule has 1 unspecified atom stereocenters. The zero-order valence-corrected chi connectivity index (χ0v) is 5.74. The van der Waals surface area contributed by atoms with Crippen LogP contribution in [0.1, 0.15) is 13.3 Å². The second-order valence-corrected chi connectivity index (χ2v) is 3.49. The molecule has 1 saturated heterocycles. The molecule has 48 valence electrons. The predicted molar refractivity (Wildman–Crippen MR) is 33.0 cm³/mol. The Morgan fingerprint density at radius 2 is 2.62 bits per heavy atom. The number of rotatable bonds is 1. The molecule has 2 nitrogen and oxygen atoms in total. The first-order valence-corrected chi connectivity index (χ1v) is 4.21. The van der Waals surface area contributed by atoms with E-state index in [1.165, 1.54) is 0 Å². The first-order chi connectivity index (χ1) is 3.84. The Morgan fingerprint density at radius 1 is 1.88 bits per heavy atom. The standard InChI is InChI=1S/C5H10O2S/c1-2-5-7-3-4-8(5)6/h5H,2-4H2,1H3/t5-,8?/m1/s1. The zero-order chi connectivity index (χ0) is 5.98. The van der Waals surface area contributed by atoms with E-state index in [2.05, 4.69) is 0 Å². The molecule has 0 N–H and O–H groups in total. The van der Waals surface area contributed by atoms with Gasteiger partial charge < -0.3 is 4.74 Å². The Balaban J connectivity index is 2.42. The minimum Gasteiger partial charge on any atom is -0.364 e. The second-order valence-electron chi connectivity index (χ2n) is 1.79. The number of hydrogen-bond donors (Lipinski definition) is 0. The maximum Gasteiger partial charge on any atom is 0.132 e. The molecule has 8 heavy (non-hydrogen) atoms. The highest BCUT2D eigenvalue weighted by Crippen LogP contribution is 2.10. The molecule has 0 aromatic rings. The first kappa shape index (κ1) is 6.23. The van der Waals surface area contributed by atoms with E-state index in [-0.39, 0.29) is 5.44 Å². The van der Waals surface area contributed by atoms with E-state index in [0.717, 1.165) is 12.2 Å². The summed E-state index contributed by atoms with van der Waals surface area (Å²) < 4.78 is 15.9. The lowest BCUT2D eigenvalue weighted by molar-refractivity contribution is 0.139. The predicted octanol–water partition coefficient (Wildman–Crippen LogP) is 0.501. The van der Waals surface area contributed by atoms with E-state index in [0.29, 0.717) is 6.61 Å². The van der Waals surface area contributed by atoms with Crippen molar-refractivity contribution in [3.05, 3.63) is 0 Å². The minimum atomic E-state index is -0.683. The van der Waals surface area contributed by atoms with Crippen molar-refractivity contribution in [2.24, 2.45) is 0 Å². The van der Waals surface area contributed by atoms with Crippen molar-refractivity contribution in [3.63, 3.8) is 0 Å². The molecule has 1 fully saturated rings. The van der Waals surface area contributed by atoms with E-state index in [4.69, 9.17) is 4.74 Å². The first-order valence-electron chi connectivity index (χ1n) is 2.83. The van der Waals surface area contributed by atoms with Gasteiger partial charge in [-0.1, -0.05) is 6.92 Å². The summed E-state index contributed by atoms with van der Waals surface area (Å²) in [7, 11) is -0.683. The molecule has 1 aliphatic heterocycles. The van der Waals surface area contributed by atoms with Crippen LogP contribution in [0.2, 0.25) is 0 Å². The van der Waals surface area contributed by atoms with Gasteiger partial charge in [0.25, 0.3) is 0 Å². The number of ether oxygens (including phenoxy) is 1. The summed E-state index contributed by atoms with van der Waals surface area (Å²) in [6.45, 7) is 2.68. The van der Waals surface area contributed by atoms with Crippen molar-refractivity contribution < 1.29 is 8.95 Å².